The Morgan fingerprint density at radius 2 is 2.06 bits per heavy atom. The summed E-state index contributed by atoms with van der Waals surface area (Å²) in [7, 11) is 0. The Hall–Kier alpha value is -1.20. The Balaban J connectivity index is 2.72. The fourth-order valence-electron chi connectivity index (χ4n) is 1.49. The Morgan fingerprint density at radius 1 is 1.50 bits per heavy atom. The van der Waals surface area contributed by atoms with E-state index in [4.69, 9.17) is 4.74 Å². The van der Waals surface area contributed by atoms with Gasteiger partial charge in [0.2, 0.25) is 0 Å². The molecule has 92 valence electrons. The third-order valence-corrected chi connectivity index (χ3v) is 2.09. The number of carbonyl (C=O) groups excluding carboxylic acids is 2. The summed E-state index contributed by atoms with van der Waals surface area (Å²) >= 11 is 0. The predicted molar refractivity (Wildman–Crippen MR) is 52.4 cm³/mol. The molecule has 0 radical (unpaired) electrons. The number of hydrogen-bond donors (Lipinski definition) is 0. The number of nitrogens with zero attached hydrogens (tertiary/aromatic N) is 1. The van der Waals surface area contributed by atoms with E-state index in [-0.39, 0.29) is 0 Å². The monoisotopic (exact) mass is 235 g/mol. The van der Waals surface area contributed by atoms with Crippen molar-refractivity contribution < 1.29 is 23.1 Å². The molecule has 0 aromatic carbocycles. The maximum Gasteiger partial charge on any atom is 0.411 e. The van der Waals surface area contributed by atoms with E-state index in [1.54, 1.807) is 20.8 Å². The molecule has 6 heteroatoms. The summed E-state index contributed by atoms with van der Waals surface area (Å²) in [6.07, 6.45) is -1.15. The van der Waals surface area contributed by atoms with Gasteiger partial charge in [-0.3, -0.25) is 4.90 Å². The molecule has 1 heterocycles. The van der Waals surface area contributed by atoms with Gasteiger partial charge in [-0.1, -0.05) is 0 Å². The van der Waals surface area contributed by atoms with E-state index in [1.807, 2.05) is 0 Å². The van der Waals surface area contributed by atoms with Crippen LogP contribution in [0.1, 0.15) is 27.2 Å². The van der Waals surface area contributed by atoms with Crippen molar-refractivity contribution in [2.75, 3.05) is 6.54 Å². The third-order valence-electron chi connectivity index (χ3n) is 2.09. The summed E-state index contributed by atoms with van der Waals surface area (Å²) in [6, 6.07) is -1.09. The second-order valence-electron chi connectivity index (χ2n) is 4.87. The Labute approximate surface area is 92.5 Å². The number of halogens is 2. The van der Waals surface area contributed by atoms with Crippen LogP contribution in [0.25, 0.3) is 0 Å². The molecular weight excluding hydrogens is 220 g/mol. The van der Waals surface area contributed by atoms with Gasteiger partial charge in [0.15, 0.2) is 0 Å². The first-order valence-electron chi connectivity index (χ1n) is 4.97. The standard InChI is InChI=1S/C10H15F2NO3/c1-9(2,3)16-8(15)13-6-10(11,12)4-7(13)5-14/h5,7H,4,6H2,1-3H3/t7-/m1/s1. The average Bonchev–Trinajstić information content (AvgIpc) is 2.38. The summed E-state index contributed by atoms with van der Waals surface area (Å²) < 4.78 is 31.0. The number of rotatable bonds is 1. The molecule has 1 fully saturated rings. The molecule has 0 unspecified atom stereocenters. The van der Waals surface area contributed by atoms with Crippen molar-refractivity contribution in [2.24, 2.45) is 0 Å². The SMILES string of the molecule is CC(C)(C)OC(=O)N1CC(F)(F)C[C@@H]1C=O. The molecule has 0 N–H and O–H groups in total. The van der Waals surface area contributed by atoms with E-state index in [2.05, 4.69) is 0 Å². The number of likely N-dealkylation sites (tertiary alicyclic amines) is 1. The van der Waals surface area contributed by atoms with Crippen molar-refractivity contribution in [1.82, 2.24) is 4.90 Å². The second kappa shape index (κ2) is 3.99. The van der Waals surface area contributed by atoms with Crippen LogP contribution in [0.2, 0.25) is 0 Å². The van der Waals surface area contributed by atoms with Crippen molar-refractivity contribution in [1.29, 1.82) is 0 Å². The minimum atomic E-state index is -3.01. The van der Waals surface area contributed by atoms with Gasteiger partial charge in [-0.2, -0.15) is 0 Å². The van der Waals surface area contributed by atoms with Crippen LogP contribution >= 0.6 is 0 Å². The summed E-state index contributed by atoms with van der Waals surface area (Å²) in [5.74, 6) is -3.01. The van der Waals surface area contributed by atoms with Crippen LogP contribution in [0.4, 0.5) is 13.6 Å². The van der Waals surface area contributed by atoms with Crippen LogP contribution in [-0.2, 0) is 9.53 Å². The molecule has 0 saturated carbocycles. The third kappa shape index (κ3) is 3.15. The molecular formula is C10H15F2NO3. The van der Waals surface area contributed by atoms with Crippen molar-refractivity contribution in [2.45, 2.75) is 44.8 Å². The minimum absolute atomic E-state index is 0.352. The lowest BCUT2D eigenvalue weighted by atomic mass is 10.2. The lowest BCUT2D eigenvalue weighted by molar-refractivity contribution is -0.111. The normalized spacial score (nSPS) is 24.3. The maximum absolute atomic E-state index is 13.0. The van der Waals surface area contributed by atoms with Crippen LogP contribution in [-0.4, -0.2) is 41.4 Å². The molecule has 1 rings (SSSR count). The predicted octanol–water partition coefficient (Wildman–Crippen LogP) is 1.83. The highest BCUT2D eigenvalue weighted by molar-refractivity contribution is 5.74. The van der Waals surface area contributed by atoms with Gasteiger partial charge in [-0.25, -0.2) is 13.6 Å². The van der Waals surface area contributed by atoms with Crippen LogP contribution in [0, 0.1) is 0 Å². The molecule has 0 aromatic heterocycles. The van der Waals surface area contributed by atoms with Crippen LogP contribution < -0.4 is 0 Å². The van der Waals surface area contributed by atoms with E-state index in [0.29, 0.717) is 6.29 Å². The highest BCUT2D eigenvalue weighted by Crippen LogP contribution is 2.32. The van der Waals surface area contributed by atoms with E-state index < -0.39 is 36.6 Å². The van der Waals surface area contributed by atoms with Gasteiger partial charge in [0.05, 0.1) is 12.6 Å². The Bertz CT molecular complexity index is 299. The zero-order valence-corrected chi connectivity index (χ0v) is 9.50. The average molecular weight is 235 g/mol. The van der Waals surface area contributed by atoms with Gasteiger partial charge in [-0.15, -0.1) is 0 Å². The molecule has 16 heavy (non-hydrogen) atoms. The number of alkyl halides is 2. The van der Waals surface area contributed by atoms with Crippen LogP contribution in [0.3, 0.4) is 0 Å². The van der Waals surface area contributed by atoms with Gasteiger partial charge in [0.1, 0.15) is 11.9 Å². The van der Waals surface area contributed by atoms with Gasteiger partial charge < -0.3 is 9.53 Å². The molecule has 1 amide bonds. The zero-order valence-electron chi connectivity index (χ0n) is 9.50. The lowest BCUT2D eigenvalue weighted by Crippen LogP contribution is -2.41. The highest BCUT2D eigenvalue weighted by Gasteiger charge is 2.48. The second-order valence-corrected chi connectivity index (χ2v) is 4.87. The Morgan fingerprint density at radius 3 is 2.50 bits per heavy atom. The number of hydrogen-bond acceptors (Lipinski definition) is 3. The molecule has 0 aliphatic carbocycles. The van der Waals surface area contributed by atoms with E-state index in [1.165, 1.54) is 0 Å². The number of aldehydes is 1. The smallest absolute Gasteiger partial charge is 0.411 e. The fraction of sp³-hybridized carbons (Fsp3) is 0.800. The van der Waals surface area contributed by atoms with Crippen molar-refractivity contribution in [3.63, 3.8) is 0 Å². The van der Waals surface area contributed by atoms with E-state index in [9.17, 15) is 18.4 Å². The molecule has 1 atom stereocenters. The minimum Gasteiger partial charge on any atom is -0.444 e. The lowest BCUT2D eigenvalue weighted by Gasteiger charge is -2.26. The van der Waals surface area contributed by atoms with Gasteiger partial charge in [0, 0.05) is 6.42 Å². The van der Waals surface area contributed by atoms with Gasteiger partial charge in [-0.05, 0) is 20.8 Å². The van der Waals surface area contributed by atoms with Crippen molar-refractivity contribution >= 4 is 12.4 Å². The number of amides is 1. The Kier molecular flexibility index (Phi) is 3.21. The molecule has 0 bridgehead atoms. The quantitative estimate of drug-likeness (QED) is 0.651. The largest absolute Gasteiger partial charge is 0.444 e. The molecule has 1 saturated heterocycles. The zero-order chi connectivity index (χ0) is 12.6. The highest BCUT2D eigenvalue weighted by atomic mass is 19.3. The first kappa shape index (κ1) is 12.9. The summed E-state index contributed by atoms with van der Waals surface area (Å²) in [5, 5.41) is 0. The fourth-order valence-corrected chi connectivity index (χ4v) is 1.49. The molecule has 1 aliphatic heterocycles. The molecule has 1 aliphatic rings. The van der Waals surface area contributed by atoms with Crippen LogP contribution in [0.15, 0.2) is 0 Å². The molecule has 0 aromatic rings. The van der Waals surface area contributed by atoms with E-state index in [0.717, 1.165) is 4.90 Å². The maximum atomic E-state index is 13.0. The first-order valence-corrected chi connectivity index (χ1v) is 4.97. The van der Waals surface area contributed by atoms with E-state index >= 15 is 0 Å². The summed E-state index contributed by atoms with van der Waals surface area (Å²) in [6.45, 7) is 4.14. The molecule has 4 nitrogen and oxygen atoms in total. The topological polar surface area (TPSA) is 46.6 Å². The molecule has 0 spiro atoms. The van der Waals surface area contributed by atoms with Crippen molar-refractivity contribution in [3.05, 3.63) is 0 Å². The van der Waals surface area contributed by atoms with Gasteiger partial charge >= 0.3 is 6.09 Å². The first-order chi connectivity index (χ1) is 7.14. The van der Waals surface area contributed by atoms with Crippen LogP contribution in [0.5, 0.6) is 0 Å². The summed E-state index contributed by atoms with van der Waals surface area (Å²) in [5.41, 5.74) is -0.762. The summed E-state index contributed by atoms with van der Waals surface area (Å²) in [4.78, 5) is 22.9. The van der Waals surface area contributed by atoms with Gasteiger partial charge in [0.25, 0.3) is 5.92 Å². The number of ether oxygens (including phenoxy) is 1. The van der Waals surface area contributed by atoms with Crippen molar-refractivity contribution in [3.8, 4) is 0 Å². The number of carbonyl (C=O) groups is 2.